The van der Waals surface area contributed by atoms with Crippen LogP contribution in [0.25, 0.3) is 27.7 Å². The van der Waals surface area contributed by atoms with Gasteiger partial charge in [0.05, 0.1) is 34.7 Å². The first-order valence-electron chi connectivity index (χ1n) is 13.2. The lowest BCUT2D eigenvalue weighted by Crippen LogP contribution is -2.29. The van der Waals surface area contributed by atoms with Crippen molar-refractivity contribution in [3.05, 3.63) is 89.7 Å². The minimum absolute atomic E-state index is 0.0723. The van der Waals surface area contributed by atoms with Crippen LogP contribution in [0.3, 0.4) is 0 Å². The molecule has 0 bridgehead atoms. The molecule has 186 valence electrons. The number of ether oxygens (including phenoxy) is 1. The van der Waals surface area contributed by atoms with Gasteiger partial charge in [-0.1, -0.05) is 36.8 Å². The van der Waals surface area contributed by atoms with E-state index in [9.17, 15) is 0 Å². The number of allylic oxidation sites excluding steroid dienone is 3. The quantitative estimate of drug-likeness (QED) is 0.286. The number of nitrogens with zero attached hydrogens (tertiary/aromatic N) is 3. The maximum absolute atomic E-state index is 6.97. The predicted octanol–water partition coefficient (Wildman–Crippen LogP) is 7.44. The molecule has 2 aromatic carbocycles. The van der Waals surface area contributed by atoms with E-state index in [1.807, 2.05) is 18.0 Å². The maximum Gasteiger partial charge on any atom is 0.189 e. The van der Waals surface area contributed by atoms with Gasteiger partial charge in [-0.05, 0) is 62.1 Å². The summed E-state index contributed by atoms with van der Waals surface area (Å²) in [6.45, 7) is 5.15. The molecule has 37 heavy (non-hydrogen) atoms. The third-order valence-electron chi connectivity index (χ3n) is 7.82. The Hall–Kier alpha value is -3.51. The van der Waals surface area contributed by atoms with E-state index in [-0.39, 0.29) is 6.23 Å². The van der Waals surface area contributed by atoms with Gasteiger partial charge in [0, 0.05) is 40.1 Å². The number of hydrogen-bond acceptors (Lipinski definition) is 4. The van der Waals surface area contributed by atoms with Crippen molar-refractivity contribution in [2.75, 3.05) is 6.54 Å². The van der Waals surface area contributed by atoms with Gasteiger partial charge >= 0.3 is 0 Å². The summed E-state index contributed by atoms with van der Waals surface area (Å²) >= 11 is 1.95. The van der Waals surface area contributed by atoms with Crippen molar-refractivity contribution in [3.63, 3.8) is 0 Å². The molecule has 2 aliphatic heterocycles. The second kappa shape index (κ2) is 9.10. The number of aromatic amines is 1. The van der Waals surface area contributed by atoms with Crippen LogP contribution in [0.2, 0.25) is 0 Å². The van der Waals surface area contributed by atoms with Gasteiger partial charge in [0.2, 0.25) is 0 Å². The smallest absolute Gasteiger partial charge is 0.189 e. The van der Waals surface area contributed by atoms with Crippen molar-refractivity contribution in [1.82, 2.24) is 14.5 Å². The van der Waals surface area contributed by atoms with Crippen LogP contribution in [0.4, 0.5) is 0 Å². The van der Waals surface area contributed by atoms with E-state index in [4.69, 9.17) is 4.74 Å². The summed E-state index contributed by atoms with van der Waals surface area (Å²) in [6, 6.07) is 17.9. The van der Waals surface area contributed by atoms with Gasteiger partial charge in [-0.2, -0.15) is 0 Å². The highest BCUT2D eigenvalue weighted by atomic mass is 32.2. The number of benzene rings is 2. The Balaban J connectivity index is 1.35. The van der Waals surface area contributed by atoms with E-state index in [0.29, 0.717) is 11.2 Å². The lowest BCUT2D eigenvalue weighted by Gasteiger charge is -2.36. The molecule has 0 fully saturated rings. The largest absolute Gasteiger partial charge is 0.469 e. The van der Waals surface area contributed by atoms with Gasteiger partial charge in [-0.3, -0.25) is 4.99 Å². The van der Waals surface area contributed by atoms with Crippen molar-refractivity contribution < 1.29 is 4.74 Å². The second-order valence-corrected chi connectivity index (χ2v) is 11.4. The molecule has 0 spiro atoms. The first-order valence-corrected chi connectivity index (χ1v) is 14.1. The van der Waals surface area contributed by atoms with E-state index in [2.05, 4.69) is 94.2 Å². The molecular weight excluding hydrogens is 476 g/mol. The minimum atomic E-state index is -0.0723. The summed E-state index contributed by atoms with van der Waals surface area (Å²) in [5.41, 5.74) is 8.85. The fourth-order valence-electron chi connectivity index (χ4n) is 5.92. The number of nitrogens with one attached hydrogen (secondary N) is 1. The van der Waals surface area contributed by atoms with Gasteiger partial charge in [0.25, 0.3) is 0 Å². The summed E-state index contributed by atoms with van der Waals surface area (Å²) < 4.78 is 9.44. The van der Waals surface area contributed by atoms with Gasteiger partial charge in [0.15, 0.2) is 6.23 Å². The Labute approximate surface area is 221 Å². The number of H-pyrrole nitrogens is 1. The Morgan fingerprint density at radius 1 is 1.22 bits per heavy atom. The maximum atomic E-state index is 6.97. The van der Waals surface area contributed by atoms with Gasteiger partial charge in [-0.15, -0.1) is 11.8 Å². The molecule has 0 saturated carbocycles. The lowest BCUT2D eigenvalue weighted by atomic mass is 9.88. The Morgan fingerprint density at radius 3 is 2.97 bits per heavy atom. The van der Waals surface area contributed by atoms with Gasteiger partial charge in [0.1, 0.15) is 5.76 Å². The molecule has 3 unspecified atom stereocenters. The first-order chi connectivity index (χ1) is 18.2. The molecule has 0 saturated heterocycles. The zero-order valence-electron chi connectivity index (χ0n) is 21.1. The second-order valence-electron chi connectivity index (χ2n) is 10.1. The molecule has 5 nitrogen and oxygen atoms in total. The molecule has 0 amide bonds. The number of imidazole rings is 1. The van der Waals surface area contributed by atoms with Gasteiger partial charge in [-0.25, -0.2) is 4.98 Å². The molecule has 7 rings (SSSR count). The number of hydrogen-bond donors (Lipinski definition) is 1. The van der Waals surface area contributed by atoms with Crippen LogP contribution in [0, 0.1) is 5.92 Å². The molecule has 3 aliphatic rings. The van der Waals surface area contributed by atoms with Crippen molar-refractivity contribution in [3.8, 4) is 11.3 Å². The van der Waals surface area contributed by atoms with Crippen molar-refractivity contribution in [2.45, 2.75) is 49.5 Å². The molecule has 3 atom stereocenters. The van der Waals surface area contributed by atoms with E-state index in [1.165, 1.54) is 38.2 Å². The average molecular weight is 507 g/mol. The SMILES string of the molecule is CCN=CC(C)C1=CC2=C(CC1)c1cc3cc(-c4cnc[nH]4)ccc3n1C(C1Cc3ccccc3S1)O2. The highest BCUT2D eigenvalue weighted by molar-refractivity contribution is 8.00. The van der Waals surface area contributed by atoms with E-state index in [1.54, 1.807) is 6.33 Å². The van der Waals surface area contributed by atoms with Crippen LogP contribution in [0.1, 0.15) is 44.2 Å². The Morgan fingerprint density at radius 2 is 2.14 bits per heavy atom. The third-order valence-corrected chi connectivity index (χ3v) is 9.18. The van der Waals surface area contributed by atoms with Crippen LogP contribution in [0.15, 0.2) is 88.4 Å². The number of fused-ring (bicyclic) bond motifs is 5. The zero-order valence-corrected chi connectivity index (χ0v) is 22.0. The van der Waals surface area contributed by atoms with Crippen LogP contribution in [-0.2, 0) is 11.2 Å². The highest BCUT2D eigenvalue weighted by Gasteiger charge is 2.38. The fourth-order valence-corrected chi connectivity index (χ4v) is 7.26. The Bertz CT molecular complexity index is 1550. The monoisotopic (exact) mass is 506 g/mol. The summed E-state index contributed by atoms with van der Waals surface area (Å²) in [6.07, 6.45) is 11.0. The topological polar surface area (TPSA) is 55.2 Å². The van der Waals surface area contributed by atoms with Crippen molar-refractivity contribution >= 4 is 34.5 Å². The molecule has 4 heterocycles. The average Bonchev–Trinajstić information content (AvgIpc) is 3.69. The number of aromatic nitrogens is 3. The first kappa shape index (κ1) is 22.7. The standard InChI is InChI=1S/C31H30N4OS/c1-3-32-16-19(2)20-8-10-24-27-13-23-12-21(25-17-33-18-34-25)9-11-26(23)35(27)31(36-28(24)14-20)30-15-22-6-4-5-7-29(22)37-30/h4-7,9,11-14,16-19,30-31H,3,8,10,15H2,1-2H3,(H,33,34). The van der Waals surface area contributed by atoms with Crippen LogP contribution in [0.5, 0.6) is 0 Å². The third kappa shape index (κ3) is 3.86. The lowest BCUT2D eigenvalue weighted by molar-refractivity contribution is 0.0583. The summed E-state index contributed by atoms with van der Waals surface area (Å²) in [4.78, 5) is 13.3. The molecule has 1 aliphatic carbocycles. The summed E-state index contributed by atoms with van der Waals surface area (Å²) in [7, 11) is 0. The molecule has 6 heteroatoms. The molecule has 0 radical (unpaired) electrons. The van der Waals surface area contributed by atoms with Crippen molar-refractivity contribution in [2.24, 2.45) is 10.9 Å². The normalized spacial score (nSPS) is 21.5. The summed E-state index contributed by atoms with van der Waals surface area (Å²) in [5.74, 6) is 1.37. The predicted molar refractivity (Wildman–Crippen MR) is 152 cm³/mol. The molecule has 1 N–H and O–H groups in total. The number of rotatable bonds is 5. The summed E-state index contributed by atoms with van der Waals surface area (Å²) in [5, 5.41) is 1.55. The Kier molecular flexibility index (Phi) is 5.58. The number of aliphatic imine (C=N–C) groups is 1. The van der Waals surface area contributed by atoms with E-state index < -0.39 is 0 Å². The molecule has 2 aromatic heterocycles. The number of thioether (sulfide) groups is 1. The minimum Gasteiger partial charge on any atom is -0.469 e. The molecular formula is C31H30N4OS. The zero-order chi connectivity index (χ0) is 24.9. The van der Waals surface area contributed by atoms with Crippen LogP contribution >= 0.6 is 11.8 Å². The van der Waals surface area contributed by atoms with E-state index >= 15 is 0 Å². The van der Waals surface area contributed by atoms with Crippen molar-refractivity contribution in [1.29, 1.82) is 0 Å². The molecule has 4 aromatic rings. The van der Waals surface area contributed by atoms with Gasteiger partial charge < -0.3 is 14.3 Å². The van der Waals surface area contributed by atoms with E-state index in [0.717, 1.165) is 42.8 Å². The van der Waals surface area contributed by atoms with Crippen LogP contribution in [-0.4, -0.2) is 32.5 Å². The highest BCUT2D eigenvalue weighted by Crippen LogP contribution is 2.49. The van der Waals surface area contributed by atoms with Crippen LogP contribution < -0.4 is 0 Å². The fraction of sp³-hybridized carbons (Fsp3) is 0.290.